The van der Waals surface area contributed by atoms with Crippen LogP contribution < -0.4 is 11.1 Å². The van der Waals surface area contributed by atoms with Crippen molar-refractivity contribution in [1.82, 2.24) is 9.97 Å². The van der Waals surface area contributed by atoms with Gasteiger partial charge in [-0.3, -0.25) is 0 Å². The Morgan fingerprint density at radius 2 is 2.25 bits per heavy atom. The first-order valence-electron chi connectivity index (χ1n) is 4.06. The van der Waals surface area contributed by atoms with E-state index in [0.29, 0.717) is 11.9 Å². The van der Waals surface area contributed by atoms with Crippen molar-refractivity contribution in [3.05, 3.63) is 11.4 Å². The third-order valence-electron chi connectivity index (χ3n) is 2.04. The standard InChI is InChI=1S/C8H12N4/c1-4-3-6-7(9)11-5(2)12-8(6)10-4/h4H,3H2,1-2H3,(H3,9,10,11,12). The zero-order valence-corrected chi connectivity index (χ0v) is 7.26. The number of nitrogens with one attached hydrogen (secondary N) is 1. The molecule has 0 saturated carbocycles. The summed E-state index contributed by atoms with van der Waals surface area (Å²) in [5.41, 5.74) is 6.81. The molecule has 1 aliphatic rings. The molecule has 1 atom stereocenters. The molecule has 0 saturated heterocycles. The van der Waals surface area contributed by atoms with Gasteiger partial charge in [0.2, 0.25) is 0 Å². The van der Waals surface area contributed by atoms with Crippen LogP contribution in [-0.2, 0) is 6.42 Å². The van der Waals surface area contributed by atoms with Crippen LogP contribution in [0, 0.1) is 6.92 Å². The Labute approximate surface area is 71.2 Å². The molecule has 0 fully saturated rings. The minimum absolute atomic E-state index is 0.429. The van der Waals surface area contributed by atoms with Crippen LogP contribution in [0.3, 0.4) is 0 Å². The molecule has 3 N–H and O–H groups in total. The maximum absolute atomic E-state index is 5.74. The van der Waals surface area contributed by atoms with E-state index in [1.54, 1.807) is 0 Å². The first-order valence-corrected chi connectivity index (χ1v) is 4.06. The molecule has 2 heterocycles. The maximum atomic E-state index is 5.74. The molecule has 0 bridgehead atoms. The molecule has 1 aromatic rings. The van der Waals surface area contributed by atoms with E-state index in [-0.39, 0.29) is 0 Å². The molecule has 2 rings (SSSR count). The molecule has 64 valence electrons. The van der Waals surface area contributed by atoms with E-state index in [1.165, 1.54) is 0 Å². The minimum atomic E-state index is 0.429. The van der Waals surface area contributed by atoms with Crippen molar-refractivity contribution in [2.75, 3.05) is 11.1 Å². The lowest BCUT2D eigenvalue weighted by Crippen LogP contribution is -2.09. The van der Waals surface area contributed by atoms with E-state index in [9.17, 15) is 0 Å². The highest BCUT2D eigenvalue weighted by Gasteiger charge is 2.21. The first kappa shape index (κ1) is 7.34. The topological polar surface area (TPSA) is 63.8 Å². The van der Waals surface area contributed by atoms with Crippen molar-refractivity contribution < 1.29 is 0 Å². The van der Waals surface area contributed by atoms with E-state index in [0.717, 1.165) is 23.6 Å². The molecule has 0 radical (unpaired) electrons. The number of anilines is 2. The van der Waals surface area contributed by atoms with E-state index < -0.39 is 0 Å². The highest BCUT2D eigenvalue weighted by atomic mass is 15.1. The van der Waals surface area contributed by atoms with Crippen LogP contribution in [0.25, 0.3) is 0 Å². The number of hydrogen-bond acceptors (Lipinski definition) is 4. The zero-order chi connectivity index (χ0) is 8.72. The SMILES string of the molecule is Cc1nc(N)c2c(n1)NC(C)C2. The summed E-state index contributed by atoms with van der Waals surface area (Å²) in [4.78, 5) is 8.37. The van der Waals surface area contributed by atoms with Crippen LogP contribution in [0.4, 0.5) is 11.6 Å². The first-order chi connectivity index (χ1) is 5.66. The Hall–Kier alpha value is -1.32. The summed E-state index contributed by atoms with van der Waals surface area (Å²) in [6.07, 6.45) is 0.932. The van der Waals surface area contributed by atoms with Crippen LogP contribution in [0.5, 0.6) is 0 Å². The van der Waals surface area contributed by atoms with Gasteiger partial charge in [-0.05, 0) is 20.3 Å². The molecular weight excluding hydrogens is 152 g/mol. The molecular formula is C8H12N4. The molecule has 4 heteroatoms. The number of nitrogen functional groups attached to an aromatic ring is 1. The molecule has 1 aromatic heterocycles. The second-order valence-electron chi connectivity index (χ2n) is 3.23. The van der Waals surface area contributed by atoms with Gasteiger partial charge in [-0.1, -0.05) is 0 Å². The van der Waals surface area contributed by atoms with Crippen LogP contribution in [0.15, 0.2) is 0 Å². The molecule has 1 unspecified atom stereocenters. The number of aryl methyl sites for hydroxylation is 1. The lowest BCUT2D eigenvalue weighted by Gasteiger charge is -2.02. The molecule has 4 nitrogen and oxygen atoms in total. The summed E-state index contributed by atoms with van der Waals surface area (Å²) in [5.74, 6) is 2.26. The average Bonchev–Trinajstić information content (AvgIpc) is 2.29. The predicted octanol–water partition coefficient (Wildman–Crippen LogP) is 0.724. The van der Waals surface area contributed by atoms with Crippen molar-refractivity contribution in [3.8, 4) is 0 Å². The van der Waals surface area contributed by atoms with Gasteiger partial charge in [0, 0.05) is 11.6 Å². The molecule has 12 heavy (non-hydrogen) atoms. The fraction of sp³-hybridized carbons (Fsp3) is 0.500. The molecule has 1 aliphatic heterocycles. The maximum Gasteiger partial charge on any atom is 0.135 e. The van der Waals surface area contributed by atoms with Crippen molar-refractivity contribution >= 4 is 11.6 Å². The highest BCUT2D eigenvalue weighted by molar-refractivity contribution is 5.60. The average molecular weight is 164 g/mol. The lowest BCUT2D eigenvalue weighted by atomic mass is 10.2. The van der Waals surface area contributed by atoms with Crippen LogP contribution >= 0.6 is 0 Å². The van der Waals surface area contributed by atoms with Gasteiger partial charge in [-0.15, -0.1) is 0 Å². The third kappa shape index (κ3) is 0.995. The summed E-state index contributed by atoms with van der Waals surface area (Å²) in [5, 5.41) is 3.25. The molecule has 0 spiro atoms. The Kier molecular flexibility index (Phi) is 1.43. The summed E-state index contributed by atoms with van der Waals surface area (Å²) >= 11 is 0. The molecule has 0 aliphatic carbocycles. The summed E-state index contributed by atoms with van der Waals surface area (Å²) in [6.45, 7) is 3.96. The lowest BCUT2D eigenvalue weighted by molar-refractivity contribution is 0.838. The van der Waals surface area contributed by atoms with Gasteiger partial charge in [0.1, 0.15) is 17.5 Å². The predicted molar refractivity (Wildman–Crippen MR) is 48.0 cm³/mol. The molecule has 0 aromatic carbocycles. The van der Waals surface area contributed by atoms with E-state index in [2.05, 4.69) is 22.2 Å². The van der Waals surface area contributed by atoms with Crippen molar-refractivity contribution in [1.29, 1.82) is 0 Å². The Morgan fingerprint density at radius 3 is 3.00 bits per heavy atom. The van der Waals surface area contributed by atoms with Crippen molar-refractivity contribution in [3.63, 3.8) is 0 Å². The minimum Gasteiger partial charge on any atom is -0.383 e. The quantitative estimate of drug-likeness (QED) is 0.593. The number of rotatable bonds is 0. The second kappa shape index (κ2) is 2.33. The van der Waals surface area contributed by atoms with Crippen molar-refractivity contribution in [2.24, 2.45) is 0 Å². The van der Waals surface area contributed by atoms with Gasteiger partial charge in [0.25, 0.3) is 0 Å². The Balaban J connectivity index is 2.52. The largest absolute Gasteiger partial charge is 0.383 e. The number of fused-ring (bicyclic) bond motifs is 1. The van der Waals surface area contributed by atoms with Crippen LogP contribution in [-0.4, -0.2) is 16.0 Å². The zero-order valence-electron chi connectivity index (χ0n) is 7.26. The van der Waals surface area contributed by atoms with E-state index in [1.807, 2.05) is 6.92 Å². The van der Waals surface area contributed by atoms with Gasteiger partial charge in [-0.2, -0.15) is 0 Å². The van der Waals surface area contributed by atoms with Gasteiger partial charge >= 0.3 is 0 Å². The van der Waals surface area contributed by atoms with Crippen LogP contribution in [0.2, 0.25) is 0 Å². The third-order valence-corrected chi connectivity index (χ3v) is 2.04. The van der Waals surface area contributed by atoms with Gasteiger partial charge in [0.05, 0.1) is 0 Å². The fourth-order valence-corrected chi connectivity index (χ4v) is 1.53. The number of hydrogen-bond donors (Lipinski definition) is 2. The Bertz CT molecular complexity index is 321. The smallest absolute Gasteiger partial charge is 0.135 e. The number of aromatic nitrogens is 2. The normalized spacial score (nSPS) is 20.3. The summed E-state index contributed by atoms with van der Waals surface area (Å²) in [7, 11) is 0. The molecule has 0 amide bonds. The number of nitrogens with two attached hydrogens (primary N) is 1. The van der Waals surface area contributed by atoms with Gasteiger partial charge in [0.15, 0.2) is 0 Å². The number of nitrogens with zero attached hydrogens (tertiary/aromatic N) is 2. The van der Waals surface area contributed by atoms with Gasteiger partial charge < -0.3 is 11.1 Å². The van der Waals surface area contributed by atoms with E-state index in [4.69, 9.17) is 5.73 Å². The monoisotopic (exact) mass is 164 g/mol. The van der Waals surface area contributed by atoms with Crippen LogP contribution in [0.1, 0.15) is 18.3 Å². The van der Waals surface area contributed by atoms with Crippen molar-refractivity contribution in [2.45, 2.75) is 26.3 Å². The van der Waals surface area contributed by atoms with E-state index >= 15 is 0 Å². The summed E-state index contributed by atoms with van der Waals surface area (Å²) < 4.78 is 0. The second-order valence-corrected chi connectivity index (χ2v) is 3.23. The Morgan fingerprint density at radius 1 is 1.50 bits per heavy atom. The summed E-state index contributed by atoms with van der Waals surface area (Å²) in [6, 6.07) is 0.429. The van der Waals surface area contributed by atoms with Gasteiger partial charge in [-0.25, -0.2) is 9.97 Å². The highest BCUT2D eigenvalue weighted by Crippen LogP contribution is 2.26. The fourth-order valence-electron chi connectivity index (χ4n) is 1.53.